The minimum Gasteiger partial charge on any atom is -0.355 e. The van der Waals surface area contributed by atoms with Crippen LogP contribution in [-0.4, -0.2) is 22.0 Å². The molecule has 31 heavy (non-hydrogen) atoms. The number of hydrogen-bond donors (Lipinski definition) is 2. The molecule has 0 aliphatic rings. The molecule has 0 saturated heterocycles. The Morgan fingerprint density at radius 1 is 1.06 bits per heavy atom. The number of nitrogens with one attached hydrogen (secondary N) is 2. The lowest BCUT2D eigenvalue weighted by Gasteiger charge is -2.03. The number of anilines is 1. The fourth-order valence-corrected chi connectivity index (χ4v) is 3.62. The summed E-state index contributed by atoms with van der Waals surface area (Å²) in [5, 5.41) is 12.3. The molecular formula is C22H17ClN4O3S. The fourth-order valence-electron chi connectivity index (χ4n) is 2.78. The molecule has 4 rings (SSSR count). The molecule has 7 nitrogen and oxygen atoms in total. The molecule has 0 bridgehead atoms. The molecule has 0 aliphatic heterocycles. The van der Waals surface area contributed by atoms with Crippen LogP contribution in [0.15, 0.2) is 64.5 Å². The van der Waals surface area contributed by atoms with Gasteiger partial charge in [0.1, 0.15) is 0 Å². The SMILES string of the molecule is CC(=O)NCc1ccc(-c2csc(NC(=O)c3cc(-c4ccc(Cl)cc4)on3)n2)cc1. The monoisotopic (exact) mass is 452 g/mol. The molecule has 0 unspecified atom stereocenters. The Balaban J connectivity index is 1.41. The number of thiazole rings is 1. The Morgan fingerprint density at radius 3 is 2.48 bits per heavy atom. The Kier molecular flexibility index (Phi) is 6.11. The molecular weight excluding hydrogens is 436 g/mol. The highest BCUT2D eigenvalue weighted by atomic mass is 35.5. The number of benzene rings is 2. The lowest BCUT2D eigenvalue weighted by molar-refractivity contribution is -0.119. The second-order valence-electron chi connectivity index (χ2n) is 6.68. The van der Waals surface area contributed by atoms with Crippen molar-refractivity contribution < 1.29 is 14.1 Å². The number of amides is 2. The van der Waals surface area contributed by atoms with Crippen LogP contribution >= 0.6 is 22.9 Å². The van der Waals surface area contributed by atoms with Crippen molar-refractivity contribution in [1.82, 2.24) is 15.5 Å². The molecule has 4 aromatic rings. The molecule has 2 N–H and O–H groups in total. The van der Waals surface area contributed by atoms with Crippen LogP contribution in [0.25, 0.3) is 22.6 Å². The van der Waals surface area contributed by atoms with Gasteiger partial charge >= 0.3 is 0 Å². The van der Waals surface area contributed by atoms with Crippen LogP contribution in [-0.2, 0) is 11.3 Å². The second kappa shape index (κ2) is 9.11. The molecule has 0 atom stereocenters. The van der Waals surface area contributed by atoms with Gasteiger partial charge in [-0.3, -0.25) is 14.9 Å². The fraction of sp³-hybridized carbons (Fsp3) is 0.0909. The molecule has 2 amide bonds. The standard InChI is InChI=1S/C22H17ClN4O3S/c1-13(28)24-11-14-2-4-15(5-3-14)19-12-31-22(25-19)26-21(29)18-10-20(30-27-18)16-6-8-17(23)9-7-16/h2-10,12H,11H2,1H3,(H,24,28)(H,25,26,29). The summed E-state index contributed by atoms with van der Waals surface area (Å²) in [4.78, 5) is 28.0. The molecule has 2 aromatic heterocycles. The lowest BCUT2D eigenvalue weighted by atomic mass is 10.1. The molecule has 2 heterocycles. The molecule has 9 heteroatoms. The van der Waals surface area contributed by atoms with Crippen LogP contribution in [0.3, 0.4) is 0 Å². The summed E-state index contributed by atoms with van der Waals surface area (Å²) in [7, 11) is 0. The highest BCUT2D eigenvalue weighted by Gasteiger charge is 2.16. The first-order valence-electron chi connectivity index (χ1n) is 9.31. The largest absolute Gasteiger partial charge is 0.355 e. The second-order valence-corrected chi connectivity index (χ2v) is 7.98. The minimum atomic E-state index is -0.407. The smallest absolute Gasteiger partial charge is 0.279 e. The predicted octanol–water partition coefficient (Wildman–Crippen LogP) is 5.01. The van der Waals surface area contributed by atoms with Gasteiger partial charge in [-0.25, -0.2) is 4.98 Å². The van der Waals surface area contributed by atoms with E-state index >= 15 is 0 Å². The van der Waals surface area contributed by atoms with Gasteiger partial charge in [-0.05, 0) is 29.8 Å². The number of carbonyl (C=O) groups excluding carboxylic acids is 2. The van der Waals surface area contributed by atoms with Crippen LogP contribution < -0.4 is 10.6 Å². The minimum absolute atomic E-state index is 0.0728. The lowest BCUT2D eigenvalue weighted by Crippen LogP contribution is -2.18. The highest BCUT2D eigenvalue weighted by Crippen LogP contribution is 2.26. The average Bonchev–Trinajstić information content (AvgIpc) is 3.43. The number of hydrogen-bond acceptors (Lipinski definition) is 6. The topological polar surface area (TPSA) is 97.1 Å². The quantitative estimate of drug-likeness (QED) is 0.428. The Morgan fingerprint density at radius 2 is 1.77 bits per heavy atom. The van der Waals surface area contributed by atoms with Crippen LogP contribution in [0.2, 0.25) is 5.02 Å². The van der Waals surface area contributed by atoms with Gasteiger partial charge in [0, 0.05) is 41.1 Å². The summed E-state index contributed by atoms with van der Waals surface area (Å²) < 4.78 is 5.27. The van der Waals surface area contributed by atoms with E-state index in [1.54, 1.807) is 30.3 Å². The molecule has 0 fully saturated rings. The van der Waals surface area contributed by atoms with Gasteiger partial charge < -0.3 is 9.84 Å². The summed E-state index contributed by atoms with van der Waals surface area (Å²) in [6, 6.07) is 16.3. The summed E-state index contributed by atoms with van der Waals surface area (Å²) in [6.07, 6.45) is 0. The normalized spacial score (nSPS) is 10.6. The maximum absolute atomic E-state index is 12.5. The first-order valence-corrected chi connectivity index (χ1v) is 10.6. The number of carbonyl (C=O) groups is 2. The Bertz CT molecular complexity index is 1220. The van der Waals surface area contributed by atoms with Crippen LogP contribution in [0.4, 0.5) is 5.13 Å². The van der Waals surface area contributed by atoms with E-state index in [2.05, 4.69) is 20.8 Å². The third kappa shape index (κ3) is 5.17. The van der Waals surface area contributed by atoms with Gasteiger partial charge in [0.2, 0.25) is 5.91 Å². The van der Waals surface area contributed by atoms with E-state index in [0.717, 1.165) is 22.4 Å². The maximum atomic E-state index is 12.5. The molecule has 0 spiro atoms. The third-order valence-corrected chi connectivity index (χ3v) is 5.40. The number of aromatic nitrogens is 2. The van der Waals surface area contributed by atoms with Gasteiger partial charge in [0.15, 0.2) is 16.6 Å². The summed E-state index contributed by atoms with van der Waals surface area (Å²) >= 11 is 7.21. The van der Waals surface area contributed by atoms with Crippen molar-refractivity contribution in [2.24, 2.45) is 0 Å². The van der Waals surface area contributed by atoms with E-state index in [9.17, 15) is 9.59 Å². The zero-order chi connectivity index (χ0) is 21.8. The van der Waals surface area contributed by atoms with Gasteiger partial charge in [-0.15, -0.1) is 11.3 Å². The van der Waals surface area contributed by atoms with Crippen molar-refractivity contribution in [3.63, 3.8) is 0 Å². The van der Waals surface area contributed by atoms with Gasteiger partial charge in [0.05, 0.1) is 5.69 Å². The molecule has 0 saturated carbocycles. The van der Waals surface area contributed by atoms with E-state index < -0.39 is 5.91 Å². The number of halogens is 1. The summed E-state index contributed by atoms with van der Waals surface area (Å²) in [5.41, 5.74) is 3.58. The van der Waals surface area contributed by atoms with Gasteiger partial charge in [0.25, 0.3) is 5.91 Å². The van der Waals surface area contributed by atoms with Crippen molar-refractivity contribution in [3.8, 4) is 22.6 Å². The van der Waals surface area contributed by atoms with Crippen LogP contribution in [0, 0.1) is 0 Å². The van der Waals surface area contributed by atoms with Crippen molar-refractivity contribution in [1.29, 1.82) is 0 Å². The van der Waals surface area contributed by atoms with Crippen molar-refractivity contribution >= 4 is 39.9 Å². The zero-order valence-electron chi connectivity index (χ0n) is 16.4. The maximum Gasteiger partial charge on any atom is 0.279 e. The summed E-state index contributed by atoms with van der Waals surface area (Å²) in [5.74, 6) is -0.00660. The highest BCUT2D eigenvalue weighted by molar-refractivity contribution is 7.14. The molecule has 156 valence electrons. The third-order valence-electron chi connectivity index (χ3n) is 4.39. The van der Waals surface area contributed by atoms with Gasteiger partial charge in [-0.2, -0.15) is 0 Å². The predicted molar refractivity (Wildman–Crippen MR) is 120 cm³/mol. The van der Waals surface area contributed by atoms with Crippen molar-refractivity contribution in [3.05, 3.63) is 76.3 Å². The average molecular weight is 453 g/mol. The molecule has 2 aromatic carbocycles. The first-order chi connectivity index (χ1) is 15.0. The Labute approximate surface area is 187 Å². The molecule has 0 radical (unpaired) electrons. The zero-order valence-corrected chi connectivity index (χ0v) is 18.0. The van der Waals surface area contributed by atoms with E-state index in [0.29, 0.717) is 22.5 Å². The van der Waals surface area contributed by atoms with Crippen molar-refractivity contribution in [2.45, 2.75) is 13.5 Å². The van der Waals surface area contributed by atoms with E-state index in [1.807, 2.05) is 29.6 Å². The van der Waals surface area contributed by atoms with Crippen molar-refractivity contribution in [2.75, 3.05) is 5.32 Å². The van der Waals surface area contributed by atoms with E-state index in [-0.39, 0.29) is 11.6 Å². The summed E-state index contributed by atoms with van der Waals surface area (Å²) in [6.45, 7) is 1.96. The number of nitrogens with zero attached hydrogens (tertiary/aromatic N) is 2. The van der Waals surface area contributed by atoms with Crippen LogP contribution in [0.1, 0.15) is 23.0 Å². The van der Waals surface area contributed by atoms with E-state index in [1.165, 1.54) is 18.3 Å². The van der Waals surface area contributed by atoms with Gasteiger partial charge in [-0.1, -0.05) is 41.0 Å². The first kappa shape index (κ1) is 20.8. The van der Waals surface area contributed by atoms with Crippen LogP contribution in [0.5, 0.6) is 0 Å². The van der Waals surface area contributed by atoms with E-state index in [4.69, 9.17) is 16.1 Å². The Hall–Kier alpha value is -3.49. The molecule has 0 aliphatic carbocycles. The number of rotatable bonds is 6.